The molecular formula is C25H32N7O8P. The van der Waals surface area contributed by atoms with Gasteiger partial charge in [0.05, 0.1) is 33.2 Å². The quantitative estimate of drug-likeness (QED) is 0.217. The number of para-hydroxylation sites is 1. The third-order valence-electron chi connectivity index (χ3n) is 6.67. The average molecular weight is 590 g/mol. The van der Waals surface area contributed by atoms with Gasteiger partial charge in [0.25, 0.3) is 0 Å². The average Bonchev–Trinajstić information content (AvgIpc) is 3.48. The second kappa shape index (κ2) is 12.0. The number of nitrogens with one attached hydrogen (secondary N) is 1. The Bertz CT molecular complexity index is 1480. The number of hydrogen-bond donors (Lipinski definition) is 3. The smallest absolute Gasteiger partial charge is 0.459 e. The van der Waals surface area contributed by atoms with Crippen LogP contribution in [0.5, 0.6) is 11.6 Å². The van der Waals surface area contributed by atoms with E-state index in [1.165, 1.54) is 32.0 Å². The molecule has 1 aliphatic rings. The van der Waals surface area contributed by atoms with E-state index < -0.39 is 50.2 Å². The van der Waals surface area contributed by atoms with Crippen LogP contribution in [0.1, 0.15) is 27.0 Å². The number of anilines is 1. The summed E-state index contributed by atoms with van der Waals surface area (Å²) in [6, 6.07) is 9.29. The summed E-state index contributed by atoms with van der Waals surface area (Å²) in [5.74, 6) is -0.778. The van der Waals surface area contributed by atoms with Crippen LogP contribution in [-0.2, 0) is 23.4 Å². The van der Waals surface area contributed by atoms with Crippen LogP contribution in [0, 0.1) is 22.7 Å². The minimum Gasteiger partial charge on any atom is -0.479 e. The second-order valence-electron chi connectivity index (χ2n) is 9.85. The molecule has 0 radical (unpaired) electrons. The molecule has 15 nitrogen and oxygen atoms in total. The Balaban J connectivity index is 1.63. The summed E-state index contributed by atoms with van der Waals surface area (Å²) >= 11 is 0. The standard InChI is InChI=1S/C25H32N7O8P/c1-14(2)17(22(34)37-5)31-41(35,40-15-9-7-6-8-10-15)38-11-16-19(33)25(3,12-26)23(39-16)32-13-28-18-20(32)29-24(27)30-21(18)36-4/h6-10,13-14,16-17,19,23,33H,11H2,1-5H3,(H,31,35)(H2,27,29,30)/t16-,17+,19-,23-,25-,41-/m1/s1. The number of carbonyl (C=O) groups is 1. The molecule has 3 aromatic rings. The van der Waals surface area contributed by atoms with Crippen LogP contribution in [0.3, 0.4) is 0 Å². The van der Waals surface area contributed by atoms with Gasteiger partial charge in [-0.05, 0) is 25.0 Å². The molecule has 16 heteroatoms. The number of aliphatic hydroxyl groups is 1. The minimum absolute atomic E-state index is 0.0939. The summed E-state index contributed by atoms with van der Waals surface area (Å²) in [5.41, 5.74) is 4.79. The summed E-state index contributed by atoms with van der Waals surface area (Å²) in [6.07, 6.45) is -2.32. The number of fused-ring (bicyclic) bond motifs is 1. The Morgan fingerprint density at radius 1 is 1.32 bits per heavy atom. The topological polar surface area (TPSA) is 206 Å². The maximum absolute atomic E-state index is 14.0. The highest BCUT2D eigenvalue weighted by atomic mass is 31.2. The zero-order valence-corrected chi connectivity index (χ0v) is 24.0. The molecule has 1 fully saturated rings. The van der Waals surface area contributed by atoms with Crippen LogP contribution < -0.4 is 20.1 Å². The van der Waals surface area contributed by atoms with Crippen molar-refractivity contribution in [3.05, 3.63) is 36.7 Å². The molecule has 4 rings (SSSR count). The molecule has 0 aliphatic carbocycles. The van der Waals surface area contributed by atoms with E-state index in [4.69, 9.17) is 29.0 Å². The Morgan fingerprint density at radius 3 is 2.63 bits per heavy atom. The molecule has 0 amide bonds. The molecule has 0 unspecified atom stereocenters. The van der Waals surface area contributed by atoms with Crippen molar-refractivity contribution in [2.75, 3.05) is 26.6 Å². The van der Waals surface area contributed by atoms with Crippen molar-refractivity contribution < 1.29 is 37.7 Å². The van der Waals surface area contributed by atoms with E-state index >= 15 is 0 Å². The van der Waals surface area contributed by atoms with E-state index in [0.717, 1.165) is 0 Å². The number of benzene rings is 1. The molecule has 4 N–H and O–H groups in total. The Kier molecular flexibility index (Phi) is 8.81. The first-order chi connectivity index (χ1) is 19.5. The van der Waals surface area contributed by atoms with E-state index in [1.807, 2.05) is 0 Å². The van der Waals surface area contributed by atoms with Gasteiger partial charge in [0.2, 0.25) is 11.8 Å². The summed E-state index contributed by atoms with van der Waals surface area (Å²) in [6.45, 7) is 4.48. The lowest BCUT2D eigenvalue weighted by Gasteiger charge is -2.27. The fraction of sp³-hybridized carbons (Fsp3) is 0.480. The van der Waals surface area contributed by atoms with E-state index in [-0.39, 0.29) is 34.7 Å². The number of nitrogens with two attached hydrogens (primary N) is 1. The van der Waals surface area contributed by atoms with Gasteiger partial charge in [0, 0.05) is 0 Å². The lowest BCUT2D eigenvalue weighted by atomic mass is 9.84. The van der Waals surface area contributed by atoms with Crippen molar-refractivity contribution >= 4 is 30.8 Å². The molecule has 0 bridgehead atoms. The zero-order chi connectivity index (χ0) is 29.9. The molecule has 1 aliphatic heterocycles. The molecule has 220 valence electrons. The van der Waals surface area contributed by atoms with Crippen molar-refractivity contribution in [3.8, 4) is 17.7 Å². The number of aliphatic hydroxyl groups excluding tert-OH is 1. The number of nitrogens with zero attached hydrogens (tertiary/aromatic N) is 5. The van der Waals surface area contributed by atoms with Gasteiger partial charge in [-0.1, -0.05) is 32.0 Å². The van der Waals surface area contributed by atoms with Crippen LogP contribution in [0.25, 0.3) is 11.2 Å². The lowest BCUT2D eigenvalue weighted by molar-refractivity contribution is -0.143. The highest BCUT2D eigenvalue weighted by Gasteiger charge is 2.56. The number of esters is 1. The molecule has 1 aromatic carbocycles. The van der Waals surface area contributed by atoms with Gasteiger partial charge in [0.1, 0.15) is 29.4 Å². The van der Waals surface area contributed by atoms with Crippen molar-refractivity contribution in [3.63, 3.8) is 0 Å². The number of methoxy groups -OCH3 is 2. The van der Waals surface area contributed by atoms with Crippen molar-refractivity contribution in [2.24, 2.45) is 11.3 Å². The Labute approximate surface area is 236 Å². The van der Waals surface area contributed by atoms with Crippen LogP contribution in [-0.4, -0.2) is 69.7 Å². The Hall–Kier alpha value is -3.80. The maximum Gasteiger partial charge on any atom is 0.459 e. The SMILES string of the molecule is COC(=O)[C@@H](N[P@@](=O)(OC[C@H]1O[C@@H](n2cnc3c(OC)nc(N)nc32)[C@](C)(C#N)[C@@H]1O)Oc1ccccc1)C(C)C. The van der Waals surface area contributed by atoms with E-state index in [2.05, 4.69) is 26.1 Å². The highest BCUT2D eigenvalue weighted by Crippen LogP contribution is 2.50. The number of rotatable bonds is 11. The number of nitrogen functional groups attached to an aromatic ring is 1. The molecule has 1 saturated heterocycles. The van der Waals surface area contributed by atoms with Gasteiger partial charge in [0.15, 0.2) is 17.4 Å². The van der Waals surface area contributed by atoms with Crippen LogP contribution in [0.4, 0.5) is 5.95 Å². The molecule has 6 atom stereocenters. The minimum atomic E-state index is -4.28. The van der Waals surface area contributed by atoms with Crippen molar-refractivity contribution in [1.29, 1.82) is 5.26 Å². The fourth-order valence-corrected chi connectivity index (χ4v) is 6.06. The maximum atomic E-state index is 14.0. The lowest BCUT2D eigenvalue weighted by Crippen LogP contribution is -2.42. The highest BCUT2D eigenvalue weighted by molar-refractivity contribution is 7.52. The summed E-state index contributed by atoms with van der Waals surface area (Å²) in [4.78, 5) is 24.9. The first-order valence-electron chi connectivity index (χ1n) is 12.6. The predicted molar refractivity (Wildman–Crippen MR) is 144 cm³/mol. The number of carbonyl (C=O) groups excluding carboxylic acids is 1. The molecule has 0 saturated carbocycles. The molecular weight excluding hydrogens is 557 g/mol. The fourth-order valence-electron chi connectivity index (χ4n) is 4.39. The third kappa shape index (κ3) is 5.97. The van der Waals surface area contributed by atoms with Crippen LogP contribution in [0.15, 0.2) is 36.7 Å². The van der Waals surface area contributed by atoms with Crippen molar-refractivity contribution in [1.82, 2.24) is 24.6 Å². The first-order valence-corrected chi connectivity index (χ1v) is 14.1. The van der Waals surface area contributed by atoms with Crippen LogP contribution >= 0.6 is 7.75 Å². The van der Waals surface area contributed by atoms with Gasteiger partial charge in [-0.2, -0.15) is 20.3 Å². The normalized spacial score (nSPS) is 24.5. The van der Waals surface area contributed by atoms with E-state index in [9.17, 15) is 19.7 Å². The van der Waals surface area contributed by atoms with E-state index in [1.54, 1.807) is 44.2 Å². The predicted octanol–water partition coefficient (Wildman–Crippen LogP) is 2.20. The van der Waals surface area contributed by atoms with Gasteiger partial charge >= 0.3 is 13.7 Å². The number of nitriles is 1. The largest absolute Gasteiger partial charge is 0.479 e. The Morgan fingerprint density at radius 2 is 2.02 bits per heavy atom. The number of aromatic nitrogens is 4. The number of hydrogen-bond acceptors (Lipinski definition) is 13. The second-order valence-corrected chi connectivity index (χ2v) is 11.5. The number of ether oxygens (including phenoxy) is 3. The van der Waals surface area contributed by atoms with Crippen LogP contribution in [0.2, 0.25) is 0 Å². The first kappa shape index (κ1) is 30.2. The third-order valence-corrected chi connectivity index (χ3v) is 8.21. The van der Waals surface area contributed by atoms with Gasteiger partial charge < -0.3 is 29.6 Å². The summed E-state index contributed by atoms with van der Waals surface area (Å²) in [5, 5.41) is 24.0. The molecule has 0 spiro atoms. The molecule has 2 aromatic heterocycles. The van der Waals surface area contributed by atoms with Gasteiger partial charge in [-0.3, -0.25) is 13.9 Å². The number of imidazole rings is 1. The van der Waals surface area contributed by atoms with Gasteiger partial charge in [-0.25, -0.2) is 9.55 Å². The summed E-state index contributed by atoms with van der Waals surface area (Å²) < 4.78 is 43.0. The molecule has 3 heterocycles. The zero-order valence-electron chi connectivity index (χ0n) is 23.1. The van der Waals surface area contributed by atoms with Crippen molar-refractivity contribution in [2.45, 2.75) is 45.2 Å². The molecule has 41 heavy (non-hydrogen) atoms. The van der Waals surface area contributed by atoms with Gasteiger partial charge in [-0.15, -0.1) is 0 Å². The van der Waals surface area contributed by atoms with E-state index in [0.29, 0.717) is 0 Å². The monoisotopic (exact) mass is 589 g/mol. The summed E-state index contributed by atoms with van der Waals surface area (Å²) in [7, 11) is -1.67.